The summed E-state index contributed by atoms with van der Waals surface area (Å²) in [7, 11) is 0. The second-order valence-electron chi connectivity index (χ2n) is 3.23. The van der Waals surface area contributed by atoms with Crippen LogP contribution in [0.3, 0.4) is 0 Å². The first kappa shape index (κ1) is 11.5. The van der Waals surface area contributed by atoms with E-state index in [9.17, 15) is 0 Å². The van der Waals surface area contributed by atoms with Crippen molar-refractivity contribution >= 4 is 10.8 Å². The molecule has 0 N–H and O–H groups in total. The van der Waals surface area contributed by atoms with E-state index < -0.39 is 0 Å². The summed E-state index contributed by atoms with van der Waals surface area (Å²) in [5, 5.41) is 2.16. The fraction of sp³-hybridized carbons (Fsp3) is 0. The van der Waals surface area contributed by atoms with E-state index in [0.717, 1.165) is 16.3 Å². The molecule has 0 atom stereocenters. The van der Waals surface area contributed by atoms with Crippen LogP contribution in [-0.2, 0) is 32.7 Å². The van der Waals surface area contributed by atoms with Gasteiger partial charge in [0.05, 0.1) is 0 Å². The number of hydrogen-bond acceptors (Lipinski definition) is 2. The van der Waals surface area contributed by atoms with Crippen LogP contribution in [0.25, 0.3) is 22.1 Å². The zero-order valence-corrected chi connectivity index (χ0v) is 11.3. The molecule has 0 aliphatic heterocycles. The Balaban J connectivity index is 0.000000963. The molecule has 75 valence electrons. The quantitative estimate of drug-likeness (QED) is 0.641. The summed E-state index contributed by atoms with van der Waals surface area (Å²) in [6, 6.07) is 12.8. The average molecular weight is 282 g/mol. The standard InChI is InChI=1S/C13H7NO.Y/c1-2-5-11-10(4-1)8-14-9-12(11)13-6-3-7-15-13;/h1-5,7-8H;/q-2;. The van der Waals surface area contributed by atoms with Gasteiger partial charge in [-0.3, -0.25) is 0 Å². The van der Waals surface area contributed by atoms with Gasteiger partial charge in [0.25, 0.3) is 0 Å². The third-order valence-corrected chi connectivity index (χ3v) is 2.31. The Kier molecular flexibility index (Phi) is 3.52. The number of aromatic nitrogens is 1. The molecule has 0 saturated heterocycles. The van der Waals surface area contributed by atoms with Crippen molar-refractivity contribution in [1.29, 1.82) is 0 Å². The van der Waals surface area contributed by atoms with Crippen molar-refractivity contribution in [2.45, 2.75) is 0 Å². The molecule has 3 aromatic rings. The van der Waals surface area contributed by atoms with Gasteiger partial charge in [-0.15, -0.1) is 18.3 Å². The monoisotopic (exact) mass is 282 g/mol. The smallest absolute Gasteiger partial charge is 0 e. The molecule has 2 aromatic heterocycles. The molecule has 0 amide bonds. The summed E-state index contributed by atoms with van der Waals surface area (Å²) in [5.74, 6) is 0.680. The summed E-state index contributed by atoms with van der Waals surface area (Å²) in [5.41, 5.74) is 0.859. The summed E-state index contributed by atoms with van der Waals surface area (Å²) in [6.45, 7) is 0. The van der Waals surface area contributed by atoms with E-state index in [1.165, 1.54) is 0 Å². The van der Waals surface area contributed by atoms with E-state index in [0.29, 0.717) is 5.76 Å². The van der Waals surface area contributed by atoms with Crippen molar-refractivity contribution in [1.82, 2.24) is 4.98 Å². The molecule has 3 heteroatoms. The summed E-state index contributed by atoms with van der Waals surface area (Å²) >= 11 is 0. The second-order valence-corrected chi connectivity index (χ2v) is 3.23. The first-order chi connectivity index (χ1) is 7.45. The molecule has 0 aliphatic carbocycles. The fourth-order valence-corrected chi connectivity index (χ4v) is 1.61. The Hall–Kier alpha value is -0.986. The minimum Gasteiger partial charge on any atom is -0.590 e. The maximum Gasteiger partial charge on any atom is 0 e. The third kappa shape index (κ3) is 1.95. The van der Waals surface area contributed by atoms with Crippen LogP contribution in [-0.4, -0.2) is 4.98 Å². The summed E-state index contributed by atoms with van der Waals surface area (Å²) in [6.07, 6.45) is 6.33. The molecule has 3 rings (SSSR count). The topological polar surface area (TPSA) is 26.0 Å². The van der Waals surface area contributed by atoms with Crippen molar-refractivity contribution in [3.8, 4) is 11.3 Å². The van der Waals surface area contributed by atoms with Crippen LogP contribution >= 0.6 is 0 Å². The van der Waals surface area contributed by atoms with Gasteiger partial charge < -0.3 is 9.40 Å². The zero-order valence-electron chi connectivity index (χ0n) is 8.47. The molecule has 0 saturated carbocycles. The van der Waals surface area contributed by atoms with Crippen LogP contribution in [0.4, 0.5) is 0 Å². The van der Waals surface area contributed by atoms with E-state index in [1.807, 2.05) is 24.3 Å². The van der Waals surface area contributed by atoms with Crippen LogP contribution in [0.15, 0.2) is 47.2 Å². The average Bonchev–Trinajstić information content (AvgIpc) is 2.82. The molecule has 0 aliphatic rings. The normalized spacial score (nSPS) is 10.0. The molecule has 1 aromatic carbocycles. The maximum atomic E-state index is 5.30. The van der Waals surface area contributed by atoms with Gasteiger partial charge in [-0.2, -0.15) is 17.0 Å². The van der Waals surface area contributed by atoms with Crippen LogP contribution in [0.2, 0.25) is 0 Å². The molecule has 2 nitrogen and oxygen atoms in total. The third-order valence-electron chi connectivity index (χ3n) is 2.31. The molecule has 1 radical (unpaired) electrons. The summed E-state index contributed by atoms with van der Waals surface area (Å²) in [4.78, 5) is 4.06. The fourth-order valence-electron chi connectivity index (χ4n) is 1.61. The van der Waals surface area contributed by atoms with E-state index in [-0.39, 0.29) is 32.7 Å². The van der Waals surface area contributed by atoms with Crippen LogP contribution < -0.4 is 0 Å². The maximum absolute atomic E-state index is 5.30. The Bertz CT molecular complexity index is 584. The molecular weight excluding hydrogens is 275 g/mol. The minimum absolute atomic E-state index is 0. The minimum atomic E-state index is 0. The second kappa shape index (κ2) is 4.90. The first-order valence-electron chi connectivity index (χ1n) is 4.66. The molecule has 0 spiro atoms. The summed E-state index contributed by atoms with van der Waals surface area (Å²) < 4.78 is 5.30. The van der Waals surface area contributed by atoms with E-state index >= 15 is 0 Å². The number of benzene rings is 1. The van der Waals surface area contributed by atoms with Gasteiger partial charge in [0.2, 0.25) is 0 Å². The van der Waals surface area contributed by atoms with Gasteiger partial charge in [-0.1, -0.05) is 35.5 Å². The number of fused-ring (bicyclic) bond motifs is 1. The number of hydrogen-bond donors (Lipinski definition) is 0. The SMILES string of the molecule is [Y].[c-]1ccoc1-c1[c-]ncc2ccccc12. The van der Waals surface area contributed by atoms with Gasteiger partial charge in [-0.25, -0.2) is 0 Å². The van der Waals surface area contributed by atoms with Crippen molar-refractivity contribution in [2.24, 2.45) is 0 Å². The number of pyridine rings is 1. The van der Waals surface area contributed by atoms with Crippen molar-refractivity contribution in [3.63, 3.8) is 0 Å². The molecule has 0 unspecified atom stereocenters. The Morgan fingerprint density at radius 2 is 2.06 bits per heavy atom. The Morgan fingerprint density at radius 1 is 1.19 bits per heavy atom. The van der Waals surface area contributed by atoms with Gasteiger partial charge >= 0.3 is 0 Å². The molecule has 2 heterocycles. The van der Waals surface area contributed by atoms with Crippen molar-refractivity contribution < 1.29 is 37.1 Å². The Morgan fingerprint density at radius 3 is 2.88 bits per heavy atom. The Labute approximate surface area is 119 Å². The molecule has 0 fully saturated rings. The molecular formula is C13H7NOY-2. The predicted octanol–water partition coefficient (Wildman–Crippen LogP) is 3.09. The van der Waals surface area contributed by atoms with Gasteiger partial charge in [0.15, 0.2) is 0 Å². The van der Waals surface area contributed by atoms with Crippen LogP contribution in [0.5, 0.6) is 0 Å². The van der Waals surface area contributed by atoms with Crippen molar-refractivity contribution in [3.05, 3.63) is 55.1 Å². The number of furan rings is 1. The van der Waals surface area contributed by atoms with Crippen molar-refractivity contribution in [2.75, 3.05) is 0 Å². The van der Waals surface area contributed by atoms with Gasteiger partial charge in [0, 0.05) is 32.7 Å². The largest absolute Gasteiger partial charge is 0.590 e. The van der Waals surface area contributed by atoms with Crippen LogP contribution in [0, 0.1) is 12.3 Å². The predicted molar refractivity (Wildman–Crippen MR) is 57.1 cm³/mol. The molecule has 16 heavy (non-hydrogen) atoms. The van der Waals surface area contributed by atoms with Gasteiger partial charge in [-0.05, 0) is 6.26 Å². The van der Waals surface area contributed by atoms with Crippen LogP contribution in [0.1, 0.15) is 0 Å². The van der Waals surface area contributed by atoms with E-state index in [2.05, 4.69) is 17.2 Å². The zero-order chi connectivity index (χ0) is 10.1. The number of nitrogens with zero attached hydrogens (tertiary/aromatic N) is 1. The first-order valence-corrected chi connectivity index (χ1v) is 4.66. The van der Waals surface area contributed by atoms with E-state index in [4.69, 9.17) is 4.42 Å². The van der Waals surface area contributed by atoms with E-state index in [1.54, 1.807) is 18.5 Å². The number of rotatable bonds is 1. The molecule has 0 bridgehead atoms. The van der Waals surface area contributed by atoms with Gasteiger partial charge in [0.1, 0.15) is 0 Å².